The maximum atomic E-state index is 12.1. The Morgan fingerprint density at radius 2 is 1.68 bits per heavy atom. The molecule has 0 unspecified atom stereocenters. The Morgan fingerprint density at radius 1 is 1.09 bits per heavy atom. The summed E-state index contributed by atoms with van der Waals surface area (Å²) in [5.41, 5.74) is 3.10. The van der Waals surface area contributed by atoms with Crippen LogP contribution in [0.15, 0.2) is 45.2 Å². The van der Waals surface area contributed by atoms with Gasteiger partial charge in [-0.25, -0.2) is 9.59 Å². The van der Waals surface area contributed by atoms with Crippen LogP contribution in [0.3, 0.4) is 0 Å². The van der Waals surface area contributed by atoms with E-state index in [0.717, 1.165) is 5.56 Å². The lowest BCUT2D eigenvalue weighted by molar-refractivity contribution is -0.136. The number of cyclic esters (lactones) is 2. The first kappa shape index (κ1) is 13.8. The van der Waals surface area contributed by atoms with Crippen LogP contribution in [0.25, 0.3) is 0 Å². The Balaban J connectivity index is 1.91. The zero-order valence-corrected chi connectivity index (χ0v) is 13.5. The SMILES string of the molecule is O=C1OCC2=C1C(c1ccc(Cl)c(Br)c1)C1=C(COC1=O)N2. The average molecular weight is 383 g/mol. The van der Waals surface area contributed by atoms with Crippen LogP contribution < -0.4 is 5.32 Å². The second-order valence-electron chi connectivity index (χ2n) is 5.17. The van der Waals surface area contributed by atoms with Crippen molar-refractivity contribution in [3.63, 3.8) is 0 Å². The molecule has 3 aliphatic heterocycles. The minimum absolute atomic E-state index is 0.185. The van der Waals surface area contributed by atoms with E-state index in [-0.39, 0.29) is 13.2 Å². The molecule has 22 heavy (non-hydrogen) atoms. The number of carbonyl (C=O) groups is 2. The maximum Gasteiger partial charge on any atom is 0.337 e. The summed E-state index contributed by atoms with van der Waals surface area (Å²) in [7, 11) is 0. The summed E-state index contributed by atoms with van der Waals surface area (Å²) >= 11 is 9.41. The van der Waals surface area contributed by atoms with Gasteiger partial charge in [0.25, 0.3) is 0 Å². The molecule has 0 amide bonds. The number of rotatable bonds is 1. The first-order valence-corrected chi connectivity index (χ1v) is 7.75. The van der Waals surface area contributed by atoms with Gasteiger partial charge in [-0.1, -0.05) is 17.7 Å². The van der Waals surface area contributed by atoms with E-state index >= 15 is 0 Å². The molecule has 1 N–H and O–H groups in total. The van der Waals surface area contributed by atoms with Crippen molar-refractivity contribution >= 4 is 39.5 Å². The molecular weight excluding hydrogens is 374 g/mol. The molecule has 0 radical (unpaired) electrons. The summed E-state index contributed by atoms with van der Waals surface area (Å²) in [4.78, 5) is 24.2. The summed E-state index contributed by atoms with van der Waals surface area (Å²) < 4.78 is 10.9. The standard InChI is InChI=1S/C15H9BrClNO4/c16-7-3-6(1-2-8(7)17)11-12-9(4-21-14(12)19)18-10-5-22-15(20)13(10)11/h1-3,11,18H,4-5H2. The van der Waals surface area contributed by atoms with Gasteiger partial charge in [-0.2, -0.15) is 0 Å². The van der Waals surface area contributed by atoms with Gasteiger partial charge in [-0.05, 0) is 33.6 Å². The molecule has 4 rings (SSSR count). The van der Waals surface area contributed by atoms with Crippen LogP contribution in [0.2, 0.25) is 5.02 Å². The van der Waals surface area contributed by atoms with Crippen molar-refractivity contribution < 1.29 is 19.1 Å². The monoisotopic (exact) mass is 381 g/mol. The van der Waals surface area contributed by atoms with Crippen molar-refractivity contribution in [3.05, 3.63) is 55.8 Å². The van der Waals surface area contributed by atoms with Crippen molar-refractivity contribution in [2.24, 2.45) is 0 Å². The third-order valence-corrected chi connectivity index (χ3v) is 5.16. The molecule has 7 heteroatoms. The highest BCUT2D eigenvalue weighted by Gasteiger charge is 2.45. The highest BCUT2D eigenvalue weighted by Crippen LogP contribution is 2.44. The second kappa shape index (κ2) is 4.86. The number of ether oxygens (including phenoxy) is 2. The van der Waals surface area contributed by atoms with Crippen LogP contribution in [0.1, 0.15) is 11.5 Å². The van der Waals surface area contributed by atoms with Gasteiger partial charge in [0.05, 0.1) is 33.5 Å². The summed E-state index contributed by atoms with van der Waals surface area (Å²) in [5.74, 6) is -1.32. The Kier molecular flexibility index (Phi) is 3.06. The fourth-order valence-corrected chi connectivity index (χ4v) is 3.49. The Labute approximate surface area is 139 Å². The van der Waals surface area contributed by atoms with Crippen molar-refractivity contribution in [2.45, 2.75) is 5.92 Å². The van der Waals surface area contributed by atoms with Gasteiger partial charge in [0.15, 0.2) is 0 Å². The van der Waals surface area contributed by atoms with Crippen LogP contribution in [0.4, 0.5) is 0 Å². The Bertz CT molecular complexity index is 759. The molecule has 0 aromatic heterocycles. The second-order valence-corrected chi connectivity index (χ2v) is 6.43. The van der Waals surface area contributed by atoms with E-state index in [1.807, 2.05) is 6.07 Å². The molecule has 0 aliphatic carbocycles. The largest absolute Gasteiger partial charge is 0.456 e. The van der Waals surface area contributed by atoms with Gasteiger partial charge >= 0.3 is 11.9 Å². The molecule has 0 saturated heterocycles. The van der Waals surface area contributed by atoms with Crippen molar-refractivity contribution in [1.82, 2.24) is 5.32 Å². The van der Waals surface area contributed by atoms with Gasteiger partial charge in [-0.15, -0.1) is 0 Å². The lowest BCUT2D eigenvalue weighted by Gasteiger charge is -2.24. The Hall–Kier alpha value is -1.79. The van der Waals surface area contributed by atoms with Crippen LogP contribution in [0.5, 0.6) is 0 Å². The number of benzene rings is 1. The van der Waals surface area contributed by atoms with E-state index < -0.39 is 17.9 Å². The summed E-state index contributed by atoms with van der Waals surface area (Å²) in [5, 5.41) is 3.65. The molecule has 1 aromatic rings. The van der Waals surface area contributed by atoms with E-state index in [4.69, 9.17) is 21.1 Å². The number of hydrogen-bond donors (Lipinski definition) is 1. The molecule has 0 bridgehead atoms. The lowest BCUT2D eigenvalue weighted by atomic mass is 9.81. The molecule has 0 fully saturated rings. The zero-order valence-electron chi connectivity index (χ0n) is 11.1. The minimum Gasteiger partial charge on any atom is -0.456 e. The predicted octanol–water partition coefficient (Wildman–Crippen LogP) is 2.41. The number of nitrogens with one attached hydrogen (secondary N) is 1. The quantitative estimate of drug-likeness (QED) is 0.756. The first-order valence-electron chi connectivity index (χ1n) is 6.58. The molecule has 5 nitrogen and oxygen atoms in total. The molecule has 0 spiro atoms. The van der Waals surface area contributed by atoms with Crippen LogP contribution >= 0.6 is 27.5 Å². The minimum atomic E-state index is -0.496. The molecule has 3 heterocycles. The fourth-order valence-electron chi connectivity index (χ4n) is 2.98. The zero-order chi connectivity index (χ0) is 15.4. The highest BCUT2D eigenvalue weighted by atomic mass is 79.9. The summed E-state index contributed by atoms with van der Waals surface area (Å²) in [6, 6.07) is 5.34. The molecule has 3 aliphatic rings. The normalized spacial score (nSPS) is 20.6. The Morgan fingerprint density at radius 3 is 2.23 bits per heavy atom. The van der Waals surface area contributed by atoms with Crippen molar-refractivity contribution in [1.29, 1.82) is 0 Å². The highest BCUT2D eigenvalue weighted by molar-refractivity contribution is 9.10. The van der Waals surface area contributed by atoms with Crippen molar-refractivity contribution in [2.75, 3.05) is 13.2 Å². The maximum absolute atomic E-state index is 12.1. The third-order valence-electron chi connectivity index (χ3n) is 3.94. The van der Waals surface area contributed by atoms with Gasteiger partial charge in [0.2, 0.25) is 0 Å². The van der Waals surface area contributed by atoms with Gasteiger partial charge in [0.1, 0.15) is 13.2 Å². The fraction of sp³-hybridized carbons (Fsp3) is 0.200. The molecule has 0 saturated carbocycles. The number of hydrogen-bond acceptors (Lipinski definition) is 5. The number of halogens is 2. The smallest absolute Gasteiger partial charge is 0.337 e. The summed E-state index contributed by atoms with van der Waals surface area (Å²) in [6.45, 7) is 0.370. The molecular formula is C15H9BrClNO4. The molecule has 112 valence electrons. The number of dihydropyridines is 1. The lowest BCUT2D eigenvalue weighted by Crippen LogP contribution is -2.27. The third kappa shape index (κ3) is 1.90. The molecule has 0 atom stereocenters. The number of carbonyl (C=O) groups excluding carboxylic acids is 2. The van der Waals surface area contributed by atoms with Gasteiger partial charge < -0.3 is 14.8 Å². The predicted molar refractivity (Wildman–Crippen MR) is 81.0 cm³/mol. The van der Waals surface area contributed by atoms with Crippen LogP contribution in [-0.2, 0) is 19.1 Å². The van der Waals surface area contributed by atoms with Gasteiger partial charge in [-0.3, -0.25) is 0 Å². The van der Waals surface area contributed by atoms with E-state index in [0.29, 0.717) is 32.0 Å². The first-order chi connectivity index (χ1) is 10.6. The van der Waals surface area contributed by atoms with E-state index in [2.05, 4.69) is 21.2 Å². The average Bonchev–Trinajstić information content (AvgIpc) is 3.05. The summed E-state index contributed by atoms with van der Waals surface area (Å²) in [6.07, 6.45) is 0. The van der Waals surface area contributed by atoms with E-state index in [9.17, 15) is 9.59 Å². The van der Waals surface area contributed by atoms with Gasteiger partial charge in [0, 0.05) is 4.47 Å². The van der Waals surface area contributed by atoms with Crippen molar-refractivity contribution in [3.8, 4) is 0 Å². The molecule has 1 aromatic carbocycles. The van der Waals surface area contributed by atoms with Crippen LogP contribution in [-0.4, -0.2) is 25.2 Å². The number of esters is 2. The van der Waals surface area contributed by atoms with E-state index in [1.54, 1.807) is 12.1 Å². The van der Waals surface area contributed by atoms with Crippen LogP contribution in [0, 0.1) is 0 Å². The topological polar surface area (TPSA) is 64.6 Å². The van der Waals surface area contributed by atoms with E-state index in [1.165, 1.54) is 0 Å².